The Kier molecular flexibility index (Phi) is 5.81. The van der Waals surface area contributed by atoms with Crippen molar-refractivity contribution < 1.29 is 19.4 Å². The maximum Gasteiger partial charge on any atom is 0.329 e. The van der Waals surface area contributed by atoms with Crippen LogP contribution in [0.3, 0.4) is 0 Å². The maximum atomic E-state index is 10.5. The Labute approximate surface area is 125 Å². The van der Waals surface area contributed by atoms with Crippen LogP contribution >= 0.6 is 0 Å². The largest absolute Gasteiger partial charge is 0.490 e. The molecule has 1 aliphatic carbocycles. The summed E-state index contributed by atoms with van der Waals surface area (Å²) in [7, 11) is 0. The van der Waals surface area contributed by atoms with Crippen LogP contribution in [0, 0.1) is 0 Å². The van der Waals surface area contributed by atoms with E-state index >= 15 is 0 Å². The second-order valence-electron chi connectivity index (χ2n) is 5.35. The number of hydrogen-bond donors (Lipinski definition) is 1. The molecule has 0 atom stereocenters. The van der Waals surface area contributed by atoms with E-state index in [0.29, 0.717) is 12.5 Å². The number of carboxylic acid groups (broad SMARTS) is 1. The minimum Gasteiger partial charge on any atom is -0.490 e. The van der Waals surface area contributed by atoms with Crippen LogP contribution < -0.4 is 4.74 Å². The monoisotopic (exact) mass is 290 g/mol. The molecule has 2 rings (SSSR count). The Hall–Kier alpha value is -1.81. The predicted octanol–water partition coefficient (Wildman–Crippen LogP) is 3.38. The fourth-order valence-electron chi connectivity index (χ4n) is 2.74. The fourth-order valence-corrected chi connectivity index (χ4v) is 2.74. The molecule has 1 aliphatic rings. The molecule has 0 unspecified atom stereocenters. The van der Waals surface area contributed by atoms with Crippen LogP contribution in [0.5, 0.6) is 5.75 Å². The molecular formula is C17H22O4. The van der Waals surface area contributed by atoms with Crippen LogP contribution in [-0.2, 0) is 9.53 Å². The second-order valence-corrected chi connectivity index (χ2v) is 5.35. The summed E-state index contributed by atoms with van der Waals surface area (Å²) >= 11 is 0. The lowest BCUT2D eigenvalue weighted by molar-refractivity contribution is -0.145. The lowest BCUT2D eigenvalue weighted by Crippen LogP contribution is -2.23. The first-order valence-corrected chi connectivity index (χ1v) is 7.36. The van der Waals surface area contributed by atoms with Gasteiger partial charge in [0.25, 0.3) is 0 Å². The van der Waals surface area contributed by atoms with Gasteiger partial charge >= 0.3 is 5.97 Å². The molecule has 114 valence electrons. The Bertz CT molecular complexity index is 458. The van der Waals surface area contributed by atoms with E-state index in [-0.39, 0.29) is 12.7 Å². The number of benzene rings is 1. The van der Waals surface area contributed by atoms with Gasteiger partial charge < -0.3 is 14.6 Å². The van der Waals surface area contributed by atoms with Crippen molar-refractivity contribution in [1.82, 2.24) is 0 Å². The van der Waals surface area contributed by atoms with E-state index in [4.69, 9.17) is 14.6 Å². The highest BCUT2D eigenvalue weighted by molar-refractivity contribution is 5.68. The molecule has 0 aromatic heterocycles. The van der Waals surface area contributed by atoms with Gasteiger partial charge in [0, 0.05) is 0 Å². The van der Waals surface area contributed by atoms with Crippen molar-refractivity contribution in [2.75, 3.05) is 13.2 Å². The number of hydrogen-bond acceptors (Lipinski definition) is 3. The predicted molar refractivity (Wildman–Crippen MR) is 80.7 cm³/mol. The Morgan fingerprint density at radius 1 is 1.24 bits per heavy atom. The average molecular weight is 290 g/mol. The summed E-state index contributed by atoms with van der Waals surface area (Å²) < 4.78 is 10.8. The third-order valence-electron chi connectivity index (χ3n) is 3.84. The Balaban J connectivity index is 1.81. The molecule has 1 saturated carbocycles. The summed E-state index contributed by atoms with van der Waals surface area (Å²) in [6.07, 6.45) is 5.74. The first-order chi connectivity index (χ1) is 10.2. The molecule has 21 heavy (non-hydrogen) atoms. The van der Waals surface area contributed by atoms with E-state index in [2.05, 4.69) is 18.7 Å². The van der Waals surface area contributed by atoms with Crippen molar-refractivity contribution in [3.63, 3.8) is 0 Å². The fraction of sp³-hybridized carbons (Fsp3) is 0.471. The average Bonchev–Trinajstić information content (AvgIpc) is 2.52. The van der Waals surface area contributed by atoms with Gasteiger partial charge in [-0.3, -0.25) is 0 Å². The number of aliphatic carboxylic acids is 1. The molecule has 0 amide bonds. The minimum absolute atomic E-state index is 0.0903. The van der Waals surface area contributed by atoms with Crippen LogP contribution in [0.2, 0.25) is 0 Å². The van der Waals surface area contributed by atoms with E-state index in [9.17, 15) is 4.79 Å². The first kappa shape index (κ1) is 15.6. The Morgan fingerprint density at radius 2 is 1.90 bits per heavy atom. The van der Waals surface area contributed by atoms with Gasteiger partial charge in [0.2, 0.25) is 0 Å². The standard InChI is InChI=1S/C17H22O4/c1-2-11-20-15-7-3-13(4-8-15)14-5-9-16(10-6-14)21-12-17(18)19/h2-4,7-8,14,16H,1,5-6,9-12H2,(H,18,19)/t14-,16-. The van der Waals surface area contributed by atoms with E-state index < -0.39 is 5.97 Å². The zero-order valence-corrected chi connectivity index (χ0v) is 12.2. The molecule has 0 heterocycles. The van der Waals surface area contributed by atoms with Crippen molar-refractivity contribution in [2.45, 2.75) is 37.7 Å². The zero-order chi connectivity index (χ0) is 15.1. The molecule has 1 fully saturated rings. The van der Waals surface area contributed by atoms with Gasteiger partial charge in [-0.2, -0.15) is 0 Å². The lowest BCUT2D eigenvalue weighted by atomic mass is 9.83. The van der Waals surface area contributed by atoms with Crippen molar-refractivity contribution in [3.8, 4) is 5.75 Å². The number of ether oxygens (including phenoxy) is 2. The van der Waals surface area contributed by atoms with Crippen molar-refractivity contribution >= 4 is 5.97 Å². The molecule has 0 saturated heterocycles. The van der Waals surface area contributed by atoms with E-state index in [0.717, 1.165) is 31.4 Å². The summed E-state index contributed by atoms with van der Waals surface area (Å²) in [6.45, 7) is 3.96. The van der Waals surface area contributed by atoms with Gasteiger partial charge in [0.1, 0.15) is 19.0 Å². The van der Waals surface area contributed by atoms with Crippen LogP contribution in [0.4, 0.5) is 0 Å². The highest BCUT2D eigenvalue weighted by Gasteiger charge is 2.23. The van der Waals surface area contributed by atoms with Gasteiger partial charge in [-0.1, -0.05) is 24.8 Å². The third-order valence-corrected chi connectivity index (χ3v) is 3.84. The van der Waals surface area contributed by atoms with Crippen LogP contribution in [0.15, 0.2) is 36.9 Å². The molecule has 0 radical (unpaired) electrons. The van der Waals surface area contributed by atoms with Gasteiger partial charge in [-0.25, -0.2) is 4.79 Å². The molecule has 1 N–H and O–H groups in total. The molecular weight excluding hydrogens is 268 g/mol. The highest BCUT2D eigenvalue weighted by Crippen LogP contribution is 2.34. The normalized spacial score (nSPS) is 21.7. The topological polar surface area (TPSA) is 55.8 Å². The van der Waals surface area contributed by atoms with Crippen LogP contribution in [0.1, 0.15) is 37.2 Å². The van der Waals surface area contributed by atoms with Crippen LogP contribution in [-0.4, -0.2) is 30.4 Å². The van der Waals surface area contributed by atoms with Crippen molar-refractivity contribution in [1.29, 1.82) is 0 Å². The van der Waals surface area contributed by atoms with Crippen LogP contribution in [0.25, 0.3) is 0 Å². The third kappa shape index (κ3) is 4.90. The lowest BCUT2D eigenvalue weighted by Gasteiger charge is -2.28. The maximum absolute atomic E-state index is 10.5. The molecule has 1 aromatic carbocycles. The van der Waals surface area contributed by atoms with E-state index in [1.54, 1.807) is 6.08 Å². The number of rotatable bonds is 7. The van der Waals surface area contributed by atoms with E-state index in [1.807, 2.05) is 12.1 Å². The number of carboxylic acids is 1. The van der Waals surface area contributed by atoms with Gasteiger partial charge in [-0.05, 0) is 49.3 Å². The first-order valence-electron chi connectivity index (χ1n) is 7.36. The molecule has 4 nitrogen and oxygen atoms in total. The van der Waals surface area contributed by atoms with Gasteiger partial charge in [0.05, 0.1) is 6.10 Å². The molecule has 0 spiro atoms. The van der Waals surface area contributed by atoms with Crippen molar-refractivity contribution in [2.24, 2.45) is 0 Å². The summed E-state index contributed by atoms with van der Waals surface area (Å²) in [5.41, 5.74) is 1.32. The SMILES string of the molecule is C=CCOc1ccc([C@H]2CC[C@H](OCC(=O)O)CC2)cc1. The molecule has 0 aliphatic heterocycles. The molecule has 4 heteroatoms. The highest BCUT2D eigenvalue weighted by atomic mass is 16.5. The summed E-state index contributed by atoms with van der Waals surface area (Å²) in [5, 5.41) is 8.62. The summed E-state index contributed by atoms with van der Waals surface area (Å²) in [6, 6.07) is 8.21. The Morgan fingerprint density at radius 3 is 2.48 bits per heavy atom. The zero-order valence-electron chi connectivity index (χ0n) is 12.2. The smallest absolute Gasteiger partial charge is 0.329 e. The summed E-state index contributed by atoms with van der Waals surface area (Å²) in [5.74, 6) is 0.493. The quantitative estimate of drug-likeness (QED) is 0.782. The van der Waals surface area contributed by atoms with E-state index in [1.165, 1.54) is 5.56 Å². The minimum atomic E-state index is -0.896. The number of carbonyl (C=O) groups is 1. The second kappa shape index (κ2) is 7.84. The summed E-state index contributed by atoms with van der Waals surface area (Å²) in [4.78, 5) is 10.5. The van der Waals surface area contributed by atoms with Gasteiger partial charge in [-0.15, -0.1) is 0 Å². The molecule has 0 bridgehead atoms. The van der Waals surface area contributed by atoms with Gasteiger partial charge in [0.15, 0.2) is 0 Å². The van der Waals surface area contributed by atoms with Crippen molar-refractivity contribution in [3.05, 3.63) is 42.5 Å². The molecule has 1 aromatic rings.